The average molecular weight is 329 g/mol. The molecule has 7 nitrogen and oxygen atoms in total. The molecule has 1 aromatic carbocycles. The first-order valence-corrected chi connectivity index (χ1v) is 7.66. The molecular weight excluding hydrogens is 306 g/mol. The lowest BCUT2D eigenvalue weighted by molar-refractivity contribution is 0.102. The molecule has 24 heavy (non-hydrogen) atoms. The van der Waals surface area contributed by atoms with E-state index < -0.39 is 0 Å². The molecule has 0 aliphatic heterocycles. The molecule has 0 saturated heterocycles. The molecule has 0 bridgehead atoms. The highest BCUT2D eigenvalue weighted by molar-refractivity contribution is 6.04. The first-order chi connectivity index (χ1) is 11.5. The van der Waals surface area contributed by atoms with E-state index in [1.807, 2.05) is 39.2 Å². The molecule has 128 valence electrons. The molecule has 0 radical (unpaired) electrons. The zero-order chi connectivity index (χ0) is 17.5. The maximum absolute atomic E-state index is 12.4. The summed E-state index contributed by atoms with van der Waals surface area (Å²) >= 11 is 0. The van der Waals surface area contributed by atoms with Gasteiger partial charge in [-0.1, -0.05) is 6.07 Å². The predicted molar refractivity (Wildman–Crippen MR) is 94.8 cm³/mol. The Labute approximate surface area is 142 Å². The predicted octanol–water partition coefficient (Wildman–Crippen LogP) is 2.02. The second kappa shape index (κ2) is 8.26. The van der Waals surface area contributed by atoms with Crippen LogP contribution in [0.3, 0.4) is 0 Å². The summed E-state index contributed by atoms with van der Waals surface area (Å²) in [7, 11) is 5.56. The van der Waals surface area contributed by atoms with Gasteiger partial charge in [-0.3, -0.25) is 4.79 Å². The average Bonchev–Trinajstić information content (AvgIpc) is 2.55. The highest BCUT2D eigenvalue weighted by atomic mass is 16.5. The fraction of sp³-hybridized carbons (Fsp3) is 0.353. The van der Waals surface area contributed by atoms with Gasteiger partial charge in [-0.05, 0) is 38.7 Å². The van der Waals surface area contributed by atoms with Crippen molar-refractivity contribution in [1.29, 1.82) is 0 Å². The van der Waals surface area contributed by atoms with E-state index in [9.17, 15) is 4.79 Å². The van der Waals surface area contributed by atoms with Crippen molar-refractivity contribution in [2.24, 2.45) is 0 Å². The van der Waals surface area contributed by atoms with E-state index in [-0.39, 0.29) is 5.91 Å². The van der Waals surface area contributed by atoms with Gasteiger partial charge in [0, 0.05) is 19.2 Å². The molecule has 0 atom stereocenters. The molecule has 7 heteroatoms. The highest BCUT2D eigenvalue weighted by Crippen LogP contribution is 2.25. The summed E-state index contributed by atoms with van der Waals surface area (Å²) in [5, 5.41) is 6.00. The van der Waals surface area contributed by atoms with Gasteiger partial charge >= 0.3 is 0 Å². The zero-order valence-corrected chi connectivity index (χ0v) is 14.5. The van der Waals surface area contributed by atoms with E-state index in [1.165, 1.54) is 6.33 Å². The molecule has 2 N–H and O–H groups in total. The lowest BCUT2D eigenvalue weighted by atomic mass is 10.2. The number of benzene rings is 1. The Morgan fingerprint density at radius 3 is 2.75 bits per heavy atom. The lowest BCUT2D eigenvalue weighted by Gasteiger charge is -2.12. The van der Waals surface area contributed by atoms with Crippen molar-refractivity contribution < 1.29 is 9.53 Å². The molecule has 0 unspecified atom stereocenters. The molecular formula is C17H23N5O2. The van der Waals surface area contributed by atoms with Crippen molar-refractivity contribution in [1.82, 2.24) is 14.9 Å². The number of carbonyl (C=O) groups is 1. The van der Waals surface area contributed by atoms with Gasteiger partial charge in [0.25, 0.3) is 5.91 Å². The summed E-state index contributed by atoms with van der Waals surface area (Å²) in [6.45, 7) is 3.55. The summed E-state index contributed by atoms with van der Waals surface area (Å²) in [6.07, 6.45) is 1.38. The van der Waals surface area contributed by atoms with Gasteiger partial charge in [0.1, 0.15) is 23.6 Å². The third-order valence-electron chi connectivity index (χ3n) is 3.37. The van der Waals surface area contributed by atoms with Crippen molar-refractivity contribution >= 4 is 17.4 Å². The maximum atomic E-state index is 12.4. The second-order valence-electron chi connectivity index (χ2n) is 5.68. The van der Waals surface area contributed by atoms with Crippen molar-refractivity contribution in [3.05, 3.63) is 41.9 Å². The molecule has 0 saturated carbocycles. The van der Waals surface area contributed by atoms with Gasteiger partial charge in [-0.25, -0.2) is 9.97 Å². The van der Waals surface area contributed by atoms with Gasteiger partial charge in [0.05, 0.1) is 12.8 Å². The fourth-order valence-electron chi connectivity index (χ4n) is 2.09. The van der Waals surface area contributed by atoms with E-state index in [2.05, 4.69) is 25.5 Å². The summed E-state index contributed by atoms with van der Waals surface area (Å²) in [5.41, 5.74) is 1.93. The molecule has 2 rings (SSSR count). The highest BCUT2D eigenvalue weighted by Gasteiger charge is 2.12. The SMILES string of the molecule is COc1ccc(C)cc1NC(=O)c1cc(NCCN(C)C)ncn1. The third kappa shape index (κ3) is 4.92. The molecule has 2 aromatic rings. The van der Waals surface area contributed by atoms with E-state index in [4.69, 9.17) is 4.74 Å². The molecule has 1 amide bonds. The van der Waals surface area contributed by atoms with E-state index in [0.29, 0.717) is 22.9 Å². The van der Waals surface area contributed by atoms with Crippen LogP contribution in [0.1, 0.15) is 16.1 Å². The summed E-state index contributed by atoms with van der Waals surface area (Å²) in [5.74, 6) is 0.914. The van der Waals surface area contributed by atoms with Crippen LogP contribution in [0.15, 0.2) is 30.6 Å². The number of nitrogens with one attached hydrogen (secondary N) is 2. The number of methoxy groups -OCH3 is 1. The summed E-state index contributed by atoms with van der Waals surface area (Å²) < 4.78 is 5.27. The number of amides is 1. The Hall–Kier alpha value is -2.67. The smallest absolute Gasteiger partial charge is 0.274 e. The number of hydrogen-bond donors (Lipinski definition) is 2. The Bertz CT molecular complexity index is 703. The number of anilines is 2. The monoisotopic (exact) mass is 329 g/mol. The molecule has 0 aliphatic carbocycles. The van der Waals surface area contributed by atoms with Crippen molar-refractivity contribution in [2.75, 3.05) is 44.9 Å². The number of hydrogen-bond acceptors (Lipinski definition) is 6. The number of aromatic nitrogens is 2. The first-order valence-electron chi connectivity index (χ1n) is 7.66. The maximum Gasteiger partial charge on any atom is 0.274 e. The second-order valence-corrected chi connectivity index (χ2v) is 5.68. The zero-order valence-electron chi connectivity index (χ0n) is 14.5. The minimum Gasteiger partial charge on any atom is -0.495 e. The standard InChI is InChI=1S/C17H23N5O2/c1-12-5-6-15(24-4)13(9-12)21-17(23)14-10-16(20-11-19-14)18-7-8-22(2)3/h5-6,9-11H,7-8H2,1-4H3,(H,21,23)(H,18,19,20). The molecule has 1 aromatic heterocycles. The Morgan fingerprint density at radius 2 is 2.04 bits per heavy atom. The van der Waals surface area contributed by atoms with E-state index >= 15 is 0 Å². The lowest BCUT2D eigenvalue weighted by Crippen LogP contribution is -2.21. The van der Waals surface area contributed by atoms with Crippen molar-refractivity contribution in [3.63, 3.8) is 0 Å². The fourth-order valence-corrected chi connectivity index (χ4v) is 2.09. The molecule has 0 aliphatic rings. The van der Waals surface area contributed by atoms with Crippen LogP contribution < -0.4 is 15.4 Å². The van der Waals surface area contributed by atoms with Crippen LogP contribution in [0.2, 0.25) is 0 Å². The van der Waals surface area contributed by atoms with Gasteiger partial charge in [0.2, 0.25) is 0 Å². The van der Waals surface area contributed by atoms with E-state index in [0.717, 1.165) is 18.7 Å². The summed E-state index contributed by atoms with van der Waals surface area (Å²) in [6, 6.07) is 7.23. The number of nitrogens with zero attached hydrogens (tertiary/aromatic N) is 3. The van der Waals surface area contributed by atoms with Gasteiger partial charge in [-0.2, -0.15) is 0 Å². The Kier molecular flexibility index (Phi) is 6.08. The first kappa shape index (κ1) is 17.7. The minimum atomic E-state index is -0.308. The Balaban J connectivity index is 2.08. The largest absolute Gasteiger partial charge is 0.495 e. The number of likely N-dealkylation sites (N-methyl/N-ethyl adjacent to an activating group) is 1. The normalized spacial score (nSPS) is 10.5. The van der Waals surface area contributed by atoms with Crippen LogP contribution in [0, 0.1) is 6.92 Å². The minimum absolute atomic E-state index is 0.293. The molecule has 0 fully saturated rings. The number of carbonyl (C=O) groups excluding carboxylic acids is 1. The number of rotatable bonds is 7. The topological polar surface area (TPSA) is 79.4 Å². The molecule has 0 spiro atoms. The van der Waals surface area contributed by atoms with Crippen LogP contribution in [0.4, 0.5) is 11.5 Å². The summed E-state index contributed by atoms with van der Waals surface area (Å²) in [4.78, 5) is 22.7. The van der Waals surface area contributed by atoms with Crippen LogP contribution >= 0.6 is 0 Å². The van der Waals surface area contributed by atoms with Gasteiger partial charge < -0.3 is 20.3 Å². The van der Waals surface area contributed by atoms with Gasteiger partial charge in [-0.15, -0.1) is 0 Å². The number of aryl methyl sites for hydroxylation is 1. The van der Waals surface area contributed by atoms with Crippen LogP contribution in [-0.4, -0.2) is 55.1 Å². The van der Waals surface area contributed by atoms with Crippen LogP contribution in [0.25, 0.3) is 0 Å². The van der Waals surface area contributed by atoms with E-state index in [1.54, 1.807) is 13.2 Å². The number of ether oxygens (including phenoxy) is 1. The molecule has 1 heterocycles. The van der Waals surface area contributed by atoms with Gasteiger partial charge in [0.15, 0.2) is 0 Å². The van der Waals surface area contributed by atoms with Crippen molar-refractivity contribution in [2.45, 2.75) is 6.92 Å². The van der Waals surface area contributed by atoms with Crippen LogP contribution in [-0.2, 0) is 0 Å². The quantitative estimate of drug-likeness (QED) is 0.809. The van der Waals surface area contributed by atoms with Crippen LogP contribution in [0.5, 0.6) is 5.75 Å². The van der Waals surface area contributed by atoms with Crippen molar-refractivity contribution in [3.8, 4) is 5.75 Å². The third-order valence-corrected chi connectivity index (χ3v) is 3.37. The Morgan fingerprint density at radius 1 is 1.25 bits per heavy atom.